The minimum absolute atomic E-state index is 0.00690. The molecular weight excluding hydrogens is 647 g/mol. The molecule has 0 fully saturated rings. The SMILES string of the molecule is Cc1cc([Se]c2cc(C(C)(C)C)cc(-c3cccc(C(C)(C)C)c3)n2)nc2c1sc1cccc3oc4c5ccccc5cc2c4c31. The fourth-order valence-corrected chi connectivity index (χ4v) is 9.45. The van der Waals surface area contributed by atoms with Gasteiger partial charge in [0, 0.05) is 0 Å². The van der Waals surface area contributed by atoms with Gasteiger partial charge < -0.3 is 0 Å². The van der Waals surface area contributed by atoms with Crippen molar-refractivity contribution >= 4 is 88.5 Å². The van der Waals surface area contributed by atoms with E-state index in [0.29, 0.717) is 0 Å². The molecule has 0 aliphatic heterocycles. The summed E-state index contributed by atoms with van der Waals surface area (Å²) in [6.07, 6.45) is 0. The molecule has 0 amide bonds. The molecule has 0 saturated carbocycles. The topological polar surface area (TPSA) is 38.9 Å². The van der Waals surface area contributed by atoms with Crippen LogP contribution in [0.3, 0.4) is 0 Å². The molecule has 0 spiro atoms. The first kappa shape index (κ1) is 29.4. The molecule has 4 aromatic heterocycles. The molecule has 0 bridgehead atoms. The Hall–Kier alpha value is -4.02. The van der Waals surface area contributed by atoms with Gasteiger partial charge in [0.25, 0.3) is 0 Å². The van der Waals surface area contributed by atoms with Gasteiger partial charge >= 0.3 is 281 Å². The van der Waals surface area contributed by atoms with Crippen LogP contribution in [-0.2, 0) is 10.8 Å². The van der Waals surface area contributed by atoms with Gasteiger partial charge in [0.2, 0.25) is 0 Å². The second kappa shape index (κ2) is 10.5. The van der Waals surface area contributed by atoms with Crippen molar-refractivity contribution in [2.75, 3.05) is 0 Å². The van der Waals surface area contributed by atoms with E-state index in [1.54, 1.807) is 0 Å². The molecule has 228 valence electrons. The van der Waals surface area contributed by atoms with E-state index in [4.69, 9.17) is 14.4 Å². The Morgan fingerprint density at radius 3 is 2.24 bits per heavy atom. The van der Waals surface area contributed by atoms with Crippen LogP contribution in [0.25, 0.3) is 64.3 Å². The van der Waals surface area contributed by atoms with Gasteiger partial charge in [-0.05, 0) is 0 Å². The molecule has 4 aromatic carbocycles. The summed E-state index contributed by atoms with van der Waals surface area (Å²) in [4.78, 5) is 10.8. The fraction of sp³-hybridized carbons (Fsp3) is 0.220. The van der Waals surface area contributed by atoms with Crippen LogP contribution in [-0.4, -0.2) is 24.9 Å². The van der Waals surface area contributed by atoms with E-state index in [1.807, 2.05) is 11.3 Å². The van der Waals surface area contributed by atoms with Crippen LogP contribution in [0.2, 0.25) is 0 Å². The van der Waals surface area contributed by atoms with Crippen molar-refractivity contribution in [1.29, 1.82) is 0 Å². The second-order valence-corrected chi connectivity index (χ2v) is 17.6. The number of nitrogens with zero attached hydrogens (tertiary/aromatic N) is 2. The fourth-order valence-electron chi connectivity index (χ4n) is 6.39. The molecule has 0 N–H and O–H groups in total. The van der Waals surface area contributed by atoms with Crippen LogP contribution in [0.5, 0.6) is 0 Å². The maximum atomic E-state index is 6.58. The molecule has 0 unspecified atom stereocenters. The average molecular weight is 684 g/mol. The van der Waals surface area contributed by atoms with Gasteiger partial charge in [0.1, 0.15) is 0 Å². The molecular formula is C41H36N2OSSe. The van der Waals surface area contributed by atoms with E-state index >= 15 is 0 Å². The Morgan fingerprint density at radius 1 is 0.674 bits per heavy atom. The minimum atomic E-state index is -0.0943. The van der Waals surface area contributed by atoms with Crippen molar-refractivity contribution in [3.8, 4) is 11.3 Å². The summed E-state index contributed by atoms with van der Waals surface area (Å²) in [5.74, 6) is 0. The number of hydrogen-bond acceptors (Lipinski definition) is 4. The number of hydrogen-bond donors (Lipinski definition) is 0. The molecule has 5 heteroatoms. The van der Waals surface area contributed by atoms with Crippen molar-refractivity contribution in [2.45, 2.75) is 59.3 Å². The molecule has 0 saturated heterocycles. The number of aromatic nitrogens is 2. The summed E-state index contributed by atoms with van der Waals surface area (Å²) < 4.78 is 11.2. The van der Waals surface area contributed by atoms with E-state index in [2.05, 4.69) is 139 Å². The zero-order valence-electron chi connectivity index (χ0n) is 27.3. The molecule has 0 aliphatic rings. The Morgan fingerprint density at radius 2 is 1.43 bits per heavy atom. The molecule has 0 aliphatic carbocycles. The van der Waals surface area contributed by atoms with Crippen LogP contribution < -0.4 is 9.18 Å². The summed E-state index contributed by atoms with van der Waals surface area (Å²) in [5, 5.41) is 5.81. The monoisotopic (exact) mass is 684 g/mol. The molecule has 0 atom stereocenters. The summed E-state index contributed by atoms with van der Waals surface area (Å²) in [6, 6.07) is 33.0. The maximum absolute atomic E-state index is 6.58. The van der Waals surface area contributed by atoms with E-state index in [0.717, 1.165) is 42.3 Å². The van der Waals surface area contributed by atoms with Crippen molar-refractivity contribution < 1.29 is 4.42 Å². The number of aryl methyl sites for hydroxylation is 1. The zero-order valence-corrected chi connectivity index (χ0v) is 29.8. The number of pyridine rings is 2. The number of rotatable bonds is 3. The zero-order chi connectivity index (χ0) is 32.0. The number of furan rings is 1. The van der Waals surface area contributed by atoms with Crippen LogP contribution in [0.1, 0.15) is 58.2 Å². The third-order valence-electron chi connectivity index (χ3n) is 8.96. The van der Waals surface area contributed by atoms with Gasteiger partial charge in [-0.1, -0.05) is 0 Å². The predicted molar refractivity (Wildman–Crippen MR) is 199 cm³/mol. The van der Waals surface area contributed by atoms with Crippen LogP contribution in [0.4, 0.5) is 0 Å². The summed E-state index contributed by atoms with van der Waals surface area (Å²) in [7, 11) is 0. The molecule has 4 heterocycles. The van der Waals surface area contributed by atoms with Crippen LogP contribution in [0.15, 0.2) is 95.4 Å². The quantitative estimate of drug-likeness (QED) is 0.174. The number of benzene rings is 4. The Bertz CT molecular complexity index is 2490. The molecule has 8 rings (SSSR count). The Labute approximate surface area is 279 Å². The first-order valence-electron chi connectivity index (χ1n) is 15.8. The van der Waals surface area contributed by atoms with Crippen molar-refractivity contribution in [1.82, 2.24) is 9.97 Å². The summed E-state index contributed by atoms with van der Waals surface area (Å²) in [5.41, 5.74) is 9.04. The number of fused-ring (bicyclic) bond motifs is 4. The van der Waals surface area contributed by atoms with Gasteiger partial charge in [-0.15, -0.1) is 0 Å². The van der Waals surface area contributed by atoms with E-state index in [-0.39, 0.29) is 25.8 Å². The molecule has 3 nitrogen and oxygen atoms in total. The first-order chi connectivity index (χ1) is 21.9. The third kappa shape index (κ3) is 4.93. The van der Waals surface area contributed by atoms with Gasteiger partial charge in [0.05, 0.1) is 0 Å². The third-order valence-corrected chi connectivity index (χ3v) is 12.0. The van der Waals surface area contributed by atoms with Gasteiger partial charge in [-0.3, -0.25) is 0 Å². The molecule has 8 aromatic rings. The van der Waals surface area contributed by atoms with Crippen molar-refractivity contribution in [3.63, 3.8) is 0 Å². The average Bonchev–Trinajstić information content (AvgIpc) is 3.35. The van der Waals surface area contributed by atoms with Crippen molar-refractivity contribution in [2.24, 2.45) is 0 Å². The van der Waals surface area contributed by atoms with E-state index in [9.17, 15) is 0 Å². The van der Waals surface area contributed by atoms with Gasteiger partial charge in [-0.2, -0.15) is 0 Å². The summed E-state index contributed by atoms with van der Waals surface area (Å²) in [6.45, 7) is 15.9. The standard InChI is InChI=1S/C41H36N2OSSe/c1-23-18-33(46-34-22-27(41(5,6)7)21-30(42-34)25-13-10-14-26(19-25)40(2,3)4)43-37-29-20-24-12-8-9-15-28(24)38-35(29)36-31(44-38)16-11-17-32(36)45-39(23)37/h8-22H,1-7H3. The summed E-state index contributed by atoms with van der Waals surface area (Å²) >= 11 is 1.72. The normalized spacial score (nSPS) is 12.8. The van der Waals surface area contributed by atoms with Crippen LogP contribution in [0, 0.1) is 6.92 Å². The van der Waals surface area contributed by atoms with E-state index in [1.165, 1.54) is 47.8 Å². The molecule has 0 radical (unpaired) electrons. The second-order valence-electron chi connectivity index (χ2n) is 14.4. The Balaban J connectivity index is 1.35. The van der Waals surface area contributed by atoms with Gasteiger partial charge in [0.15, 0.2) is 0 Å². The first-order valence-corrected chi connectivity index (χ1v) is 18.4. The predicted octanol–water partition coefficient (Wildman–Crippen LogP) is 10.1. The van der Waals surface area contributed by atoms with Crippen molar-refractivity contribution in [3.05, 3.63) is 108 Å². The molecule has 46 heavy (non-hydrogen) atoms. The Kier molecular flexibility index (Phi) is 6.71. The van der Waals surface area contributed by atoms with Crippen LogP contribution >= 0.6 is 11.3 Å². The van der Waals surface area contributed by atoms with E-state index < -0.39 is 0 Å². The van der Waals surface area contributed by atoms with Gasteiger partial charge in [-0.25, -0.2) is 0 Å².